The molecule has 7 nitrogen and oxygen atoms in total. The van der Waals surface area contributed by atoms with Crippen LogP contribution in [0.5, 0.6) is 0 Å². The first-order valence-corrected chi connectivity index (χ1v) is 12.3. The molecule has 1 aliphatic rings. The van der Waals surface area contributed by atoms with Crippen molar-refractivity contribution in [3.05, 3.63) is 107 Å². The third-order valence-corrected chi connectivity index (χ3v) is 6.95. The average Bonchev–Trinajstić information content (AvgIpc) is 2.96. The van der Waals surface area contributed by atoms with Gasteiger partial charge < -0.3 is 15.0 Å². The summed E-state index contributed by atoms with van der Waals surface area (Å²) in [5, 5.41) is 4.47. The molecule has 1 fully saturated rings. The predicted octanol–water partition coefficient (Wildman–Crippen LogP) is 5.43. The monoisotopic (exact) mass is 511 g/mol. The summed E-state index contributed by atoms with van der Waals surface area (Å²) < 4.78 is 18.6. The van der Waals surface area contributed by atoms with Gasteiger partial charge in [0.1, 0.15) is 0 Å². The van der Waals surface area contributed by atoms with Gasteiger partial charge >= 0.3 is 5.97 Å². The lowest BCUT2D eigenvalue weighted by atomic mass is 9.89. The Labute approximate surface area is 219 Å². The fraction of sp³-hybridized carbons (Fsp3) is 0.200. The molecule has 2 heterocycles. The zero-order chi connectivity index (χ0) is 26.6. The minimum atomic E-state index is -0.667. The molecule has 8 heteroatoms. The predicted molar refractivity (Wildman–Crippen MR) is 142 cm³/mol. The molecule has 0 spiro atoms. The van der Waals surface area contributed by atoms with Crippen LogP contribution in [0, 0.1) is 5.82 Å². The van der Waals surface area contributed by atoms with Crippen LogP contribution in [0.4, 0.5) is 10.1 Å². The number of pyridine rings is 1. The van der Waals surface area contributed by atoms with Gasteiger partial charge in [-0.15, -0.1) is 0 Å². The molecule has 0 aliphatic carbocycles. The van der Waals surface area contributed by atoms with Gasteiger partial charge in [0.25, 0.3) is 11.8 Å². The Morgan fingerprint density at radius 1 is 0.921 bits per heavy atom. The van der Waals surface area contributed by atoms with E-state index in [9.17, 15) is 18.8 Å². The molecular weight excluding hydrogens is 485 g/mol. The number of ether oxygens (including phenoxy) is 1. The highest BCUT2D eigenvalue weighted by Crippen LogP contribution is 2.30. The third-order valence-electron chi connectivity index (χ3n) is 6.95. The van der Waals surface area contributed by atoms with Gasteiger partial charge in [-0.3, -0.25) is 14.6 Å². The van der Waals surface area contributed by atoms with Crippen molar-refractivity contribution >= 4 is 34.2 Å². The van der Waals surface area contributed by atoms with Crippen molar-refractivity contribution in [2.75, 3.05) is 25.5 Å². The number of likely N-dealkylation sites (tertiary alicyclic amines) is 1. The molecule has 1 aliphatic heterocycles. The number of amides is 2. The van der Waals surface area contributed by atoms with Crippen LogP contribution in [-0.4, -0.2) is 47.9 Å². The second kappa shape index (κ2) is 10.8. The van der Waals surface area contributed by atoms with Crippen LogP contribution in [0.1, 0.15) is 55.4 Å². The van der Waals surface area contributed by atoms with E-state index in [0.717, 1.165) is 35.4 Å². The van der Waals surface area contributed by atoms with Gasteiger partial charge in [0.2, 0.25) is 0 Å². The number of anilines is 1. The molecular formula is C30H26FN3O4. The number of benzene rings is 3. The van der Waals surface area contributed by atoms with E-state index in [-0.39, 0.29) is 11.5 Å². The van der Waals surface area contributed by atoms with Gasteiger partial charge in [-0.25, -0.2) is 9.18 Å². The number of fused-ring (bicyclic) bond motifs is 1. The zero-order valence-corrected chi connectivity index (χ0v) is 20.8. The van der Waals surface area contributed by atoms with Crippen molar-refractivity contribution in [2.24, 2.45) is 0 Å². The molecule has 5 rings (SSSR count). The lowest BCUT2D eigenvalue weighted by Crippen LogP contribution is -2.37. The van der Waals surface area contributed by atoms with Crippen molar-refractivity contribution in [3.8, 4) is 0 Å². The fourth-order valence-electron chi connectivity index (χ4n) is 4.82. The van der Waals surface area contributed by atoms with Gasteiger partial charge in [0.15, 0.2) is 5.82 Å². The Morgan fingerprint density at radius 2 is 1.58 bits per heavy atom. The first-order valence-electron chi connectivity index (χ1n) is 12.3. The maximum atomic E-state index is 13.8. The molecule has 1 aromatic heterocycles. The van der Waals surface area contributed by atoms with E-state index in [4.69, 9.17) is 4.74 Å². The molecule has 1 saturated heterocycles. The van der Waals surface area contributed by atoms with E-state index in [0.29, 0.717) is 35.8 Å². The molecule has 3 aromatic carbocycles. The first kappa shape index (κ1) is 25.1. The number of nitrogens with zero attached hydrogens (tertiary/aromatic N) is 2. The van der Waals surface area contributed by atoms with Crippen LogP contribution in [-0.2, 0) is 4.74 Å². The number of nitrogens with one attached hydrogen (secondary N) is 1. The van der Waals surface area contributed by atoms with Gasteiger partial charge in [-0.1, -0.05) is 24.3 Å². The minimum Gasteiger partial charge on any atom is -0.465 e. The summed E-state index contributed by atoms with van der Waals surface area (Å²) in [6, 6.07) is 19.7. The summed E-state index contributed by atoms with van der Waals surface area (Å²) in [4.78, 5) is 42.8. The van der Waals surface area contributed by atoms with E-state index < -0.39 is 17.7 Å². The number of hydrogen-bond donors (Lipinski definition) is 1. The number of piperidine rings is 1. The maximum Gasteiger partial charge on any atom is 0.337 e. The summed E-state index contributed by atoms with van der Waals surface area (Å²) in [7, 11) is 1.35. The van der Waals surface area contributed by atoms with Crippen LogP contribution in [0.15, 0.2) is 79.1 Å². The smallest absolute Gasteiger partial charge is 0.337 e. The summed E-state index contributed by atoms with van der Waals surface area (Å²) >= 11 is 0. The molecule has 38 heavy (non-hydrogen) atoms. The van der Waals surface area contributed by atoms with Crippen molar-refractivity contribution < 1.29 is 23.5 Å². The summed E-state index contributed by atoms with van der Waals surface area (Å²) in [5.74, 6) is -1.30. The number of carbonyl (C=O) groups excluding carboxylic acids is 3. The lowest BCUT2D eigenvalue weighted by molar-refractivity contribution is 0.0600. The molecule has 192 valence electrons. The summed E-state index contributed by atoms with van der Waals surface area (Å²) in [5.41, 5.74) is 2.75. The van der Waals surface area contributed by atoms with Crippen molar-refractivity contribution in [2.45, 2.75) is 18.8 Å². The highest BCUT2D eigenvalue weighted by molar-refractivity contribution is 6.04. The fourth-order valence-corrected chi connectivity index (χ4v) is 4.82. The van der Waals surface area contributed by atoms with Crippen molar-refractivity contribution in [1.82, 2.24) is 9.88 Å². The van der Waals surface area contributed by atoms with Crippen molar-refractivity contribution in [1.29, 1.82) is 0 Å². The normalized spacial score (nSPS) is 13.8. The van der Waals surface area contributed by atoms with Gasteiger partial charge in [-0.05, 0) is 77.6 Å². The molecule has 0 atom stereocenters. The van der Waals surface area contributed by atoms with Crippen LogP contribution >= 0.6 is 0 Å². The Kier molecular flexibility index (Phi) is 7.13. The number of rotatable bonds is 5. The largest absolute Gasteiger partial charge is 0.465 e. The highest BCUT2D eigenvalue weighted by Gasteiger charge is 2.25. The minimum absolute atomic E-state index is 0.0104. The van der Waals surface area contributed by atoms with E-state index in [1.807, 2.05) is 47.4 Å². The number of esters is 1. The van der Waals surface area contributed by atoms with Crippen LogP contribution in [0.3, 0.4) is 0 Å². The molecule has 2 amide bonds. The van der Waals surface area contributed by atoms with Gasteiger partial charge in [0.05, 0.1) is 24.4 Å². The highest BCUT2D eigenvalue weighted by atomic mass is 19.1. The number of aromatic nitrogens is 1. The number of carbonyl (C=O) groups is 3. The molecule has 0 bridgehead atoms. The quantitative estimate of drug-likeness (QED) is 0.361. The Hall–Kier alpha value is -4.59. The summed E-state index contributed by atoms with van der Waals surface area (Å²) in [6.07, 6.45) is 4.04. The number of halogens is 1. The lowest BCUT2D eigenvalue weighted by Gasteiger charge is -2.32. The van der Waals surface area contributed by atoms with Gasteiger partial charge in [-0.2, -0.15) is 0 Å². The van der Waals surface area contributed by atoms with E-state index in [1.54, 1.807) is 18.2 Å². The van der Waals surface area contributed by atoms with Crippen LogP contribution in [0.2, 0.25) is 0 Å². The number of methoxy groups -OCH3 is 1. The second-order valence-electron chi connectivity index (χ2n) is 9.27. The maximum absolute atomic E-state index is 13.8. The Bertz CT molecular complexity index is 1510. The van der Waals surface area contributed by atoms with Crippen molar-refractivity contribution in [3.63, 3.8) is 0 Å². The Morgan fingerprint density at radius 3 is 2.24 bits per heavy atom. The molecule has 4 aromatic rings. The van der Waals surface area contributed by atoms with E-state index in [1.165, 1.54) is 19.4 Å². The molecule has 1 N–H and O–H groups in total. The Balaban J connectivity index is 1.19. The molecule has 0 radical (unpaired) electrons. The molecule has 0 unspecified atom stereocenters. The molecule has 0 saturated carbocycles. The van der Waals surface area contributed by atoms with E-state index in [2.05, 4.69) is 10.3 Å². The third kappa shape index (κ3) is 5.25. The van der Waals surface area contributed by atoms with Crippen LogP contribution < -0.4 is 5.32 Å². The number of hydrogen-bond acceptors (Lipinski definition) is 5. The second-order valence-corrected chi connectivity index (χ2v) is 9.27. The standard InChI is InChI=1S/C30H26FN3O4/c1-38-30(37)24-5-3-21-16-23(4-2-22(21)17-24)29(36)34-14-11-20(12-15-34)19-6-8-25(9-7-19)33-28(35)26-10-13-32-18-27(26)31/h2-10,13,16-18,20H,11-12,14-15H2,1H3,(H,33,35). The SMILES string of the molecule is COC(=O)c1ccc2cc(C(=O)N3CCC(c4ccc(NC(=O)c5ccncc5F)cc4)CC3)ccc2c1. The van der Waals surface area contributed by atoms with E-state index >= 15 is 0 Å². The van der Waals surface area contributed by atoms with Crippen LogP contribution in [0.25, 0.3) is 10.8 Å². The average molecular weight is 512 g/mol. The topological polar surface area (TPSA) is 88.6 Å². The summed E-state index contributed by atoms with van der Waals surface area (Å²) in [6.45, 7) is 1.28. The van der Waals surface area contributed by atoms with Gasteiger partial charge in [0, 0.05) is 30.5 Å². The first-order chi connectivity index (χ1) is 18.4. The zero-order valence-electron chi connectivity index (χ0n) is 20.8.